The summed E-state index contributed by atoms with van der Waals surface area (Å²) in [6.45, 7) is 1.91. The van der Waals surface area contributed by atoms with Crippen molar-refractivity contribution < 1.29 is 9.53 Å². The summed E-state index contributed by atoms with van der Waals surface area (Å²) in [7, 11) is 1.65. The van der Waals surface area contributed by atoms with Crippen LogP contribution >= 0.6 is 0 Å². The minimum Gasteiger partial charge on any atom is -0.496 e. The zero-order chi connectivity index (χ0) is 16.8. The summed E-state index contributed by atoms with van der Waals surface area (Å²) in [6.07, 6.45) is 2.25. The Morgan fingerprint density at radius 1 is 1.17 bits per heavy atom. The second-order valence-electron chi connectivity index (χ2n) is 6.13. The number of methoxy groups -OCH3 is 1. The second kappa shape index (κ2) is 7.97. The summed E-state index contributed by atoms with van der Waals surface area (Å²) in [5.74, 6) is 0.866. The molecule has 2 aromatic carbocycles. The predicted molar refractivity (Wildman–Crippen MR) is 94.8 cm³/mol. The summed E-state index contributed by atoms with van der Waals surface area (Å²) in [5.41, 5.74) is 2.29. The van der Waals surface area contributed by atoms with Gasteiger partial charge in [-0.05, 0) is 31.0 Å². The van der Waals surface area contributed by atoms with Gasteiger partial charge in [-0.1, -0.05) is 48.5 Å². The summed E-state index contributed by atoms with van der Waals surface area (Å²) in [4.78, 5) is 14.6. The summed E-state index contributed by atoms with van der Waals surface area (Å²) in [6, 6.07) is 18.6. The average Bonchev–Trinajstić information content (AvgIpc) is 3.09. The number of benzene rings is 2. The largest absolute Gasteiger partial charge is 0.496 e. The van der Waals surface area contributed by atoms with E-state index in [9.17, 15) is 4.79 Å². The Labute approximate surface area is 143 Å². The maximum absolute atomic E-state index is 12.4. The molecule has 1 aliphatic heterocycles. The smallest absolute Gasteiger partial charge is 0.234 e. The SMILES string of the molecule is COc1ccccc1CNC(=O)CN1CCCC1c1ccccc1. The molecule has 2 aromatic rings. The molecule has 0 saturated carbocycles. The van der Waals surface area contributed by atoms with Crippen LogP contribution in [-0.4, -0.2) is 31.0 Å². The number of carbonyl (C=O) groups is 1. The number of carbonyl (C=O) groups excluding carboxylic acids is 1. The van der Waals surface area contributed by atoms with Gasteiger partial charge in [0.05, 0.1) is 13.7 Å². The fraction of sp³-hybridized carbons (Fsp3) is 0.350. The highest BCUT2D eigenvalue weighted by Gasteiger charge is 2.27. The monoisotopic (exact) mass is 324 g/mol. The quantitative estimate of drug-likeness (QED) is 0.887. The second-order valence-corrected chi connectivity index (χ2v) is 6.13. The van der Waals surface area contributed by atoms with E-state index in [2.05, 4.69) is 34.5 Å². The van der Waals surface area contributed by atoms with Gasteiger partial charge in [-0.25, -0.2) is 0 Å². The van der Waals surface area contributed by atoms with Gasteiger partial charge < -0.3 is 10.1 Å². The van der Waals surface area contributed by atoms with Crippen LogP contribution in [0.15, 0.2) is 54.6 Å². The molecule has 1 atom stereocenters. The van der Waals surface area contributed by atoms with E-state index >= 15 is 0 Å². The third kappa shape index (κ3) is 3.95. The molecule has 1 amide bonds. The Bertz CT molecular complexity index is 672. The zero-order valence-corrected chi connectivity index (χ0v) is 14.1. The molecule has 1 heterocycles. The molecule has 0 bridgehead atoms. The first-order valence-electron chi connectivity index (χ1n) is 8.45. The summed E-state index contributed by atoms with van der Waals surface area (Å²) >= 11 is 0. The Morgan fingerprint density at radius 2 is 1.92 bits per heavy atom. The Hall–Kier alpha value is -2.33. The molecule has 4 heteroatoms. The molecule has 1 N–H and O–H groups in total. The van der Waals surface area contributed by atoms with Crippen molar-refractivity contribution in [3.05, 3.63) is 65.7 Å². The van der Waals surface area contributed by atoms with Crippen molar-refractivity contribution in [2.75, 3.05) is 20.2 Å². The van der Waals surface area contributed by atoms with Gasteiger partial charge in [0.2, 0.25) is 5.91 Å². The van der Waals surface area contributed by atoms with Gasteiger partial charge in [0.1, 0.15) is 5.75 Å². The molecule has 0 spiro atoms. The highest BCUT2D eigenvalue weighted by Crippen LogP contribution is 2.31. The first kappa shape index (κ1) is 16.5. The number of nitrogens with zero attached hydrogens (tertiary/aromatic N) is 1. The predicted octanol–water partition coefficient (Wildman–Crippen LogP) is 3.15. The highest BCUT2D eigenvalue weighted by atomic mass is 16.5. The van der Waals surface area contributed by atoms with E-state index in [0.29, 0.717) is 19.1 Å². The van der Waals surface area contributed by atoms with Crippen LogP contribution in [0.25, 0.3) is 0 Å². The zero-order valence-electron chi connectivity index (χ0n) is 14.1. The molecule has 3 rings (SSSR count). The minimum absolute atomic E-state index is 0.0590. The topological polar surface area (TPSA) is 41.6 Å². The van der Waals surface area contributed by atoms with Crippen molar-refractivity contribution in [3.8, 4) is 5.75 Å². The average molecular weight is 324 g/mol. The lowest BCUT2D eigenvalue weighted by Gasteiger charge is -2.24. The van der Waals surface area contributed by atoms with Crippen LogP contribution in [0.2, 0.25) is 0 Å². The third-order valence-electron chi connectivity index (χ3n) is 4.56. The molecule has 126 valence electrons. The van der Waals surface area contributed by atoms with Crippen molar-refractivity contribution in [2.45, 2.75) is 25.4 Å². The number of hydrogen-bond donors (Lipinski definition) is 1. The van der Waals surface area contributed by atoms with Crippen molar-refractivity contribution in [3.63, 3.8) is 0 Å². The van der Waals surface area contributed by atoms with Crippen LogP contribution in [0.5, 0.6) is 5.75 Å². The number of nitrogens with one attached hydrogen (secondary N) is 1. The molecule has 24 heavy (non-hydrogen) atoms. The van der Waals surface area contributed by atoms with Gasteiger partial charge in [0.25, 0.3) is 0 Å². The van der Waals surface area contributed by atoms with E-state index in [1.165, 1.54) is 5.56 Å². The van der Waals surface area contributed by atoms with Crippen molar-refractivity contribution in [1.29, 1.82) is 0 Å². The van der Waals surface area contributed by atoms with Crippen molar-refractivity contribution in [2.24, 2.45) is 0 Å². The fourth-order valence-electron chi connectivity index (χ4n) is 3.35. The van der Waals surface area contributed by atoms with E-state index in [-0.39, 0.29) is 5.91 Å². The molecule has 4 nitrogen and oxygen atoms in total. The maximum Gasteiger partial charge on any atom is 0.234 e. The van der Waals surface area contributed by atoms with E-state index in [4.69, 9.17) is 4.74 Å². The lowest BCUT2D eigenvalue weighted by Crippen LogP contribution is -2.36. The molecule has 1 aliphatic rings. The van der Waals surface area contributed by atoms with Gasteiger partial charge in [-0.3, -0.25) is 9.69 Å². The fourth-order valence-corrected chi connectivity index (χ4v) is 3.35. The molecule has 0 aliphatic carbocycles. The van der Waals surface area contributed by atoms with E-state index in [0.717, 1.165) is 30.7 Å². The molecular formula is C20H24N2O2. The minimum atomic E-state index is 0.0590. The molecule has 1 fully saturated rings. The molecular weight excluding hydrogens is 300 g/mol. The van der Waals surface area contributed by atoms with Crippen LogP contribution in [0.1, 0.15) is 30.0 Å². The van der Waals surface area contributed by atoms with Gasteiger partial charge >= 0.3 is 0 Å². The van der Waals surface area contributed by atoms with Gasteiger partial charge in [0, 0.05) is 18.2 Å². The van der Waals surface area contributed by atoms with Gasteiger partial charge in [0.15, 0.2) is 0 Å². The van der Waals surface area contributed by atoms with E-state index < -0.39 is 0 Å². The molecule has 0 aromatic heterocycles. The first-order valence-corrected chi connectivity index (χ1v) is 8.45. The number of ether oxygens (including phenoxy) is 1. The van der Waals surface area contributed by atoms with Crippen LogP contribution in [0.4, 0.5) is 0 Å². The standard InChI is InChI=1S/C20H24N2O2/c1-24-19-12-6-5-10-17(19)14-21-20(23)15-22-13-7-11-18(22)16-8-3-2-4-9-16/h2-6,8-10,12,18H,7,11,13-15H2,1H3,(H,21,23). The van der Waals surface area contributed by atoms with Crippen molar-refractivity contribution >= 4 is 5.91 Å². The number of para-hydroxylation sites is 1. The normalized spacial score (nSPS) is 17.6. The number of hydrogen-bond acceptors (Lipinski definition) is 3. The Morgan fingerprint density at radius 3 is 2.71 bits per heavy atom. The Kier molecular flexibility index (Phi) is 5.49. The highest BCUT2D eigenvalue weighted by molar-refractivity contribution is 5.78. The van der Waals surface area contributed by atoms with E-state index in [1.807, 2.05) is 30.3 Å². The Balaban J connectivity index is 1.56. The van der Waals surface area contributed by atoms with Crippen molar-refractivity contribution in [1.82, 2.24) is 10.2 Å². The van der Waals surface area contributed by atoms with Crippen LogP contribution in [0.3, 0.4) is 0 Å². The van der Waals surface area contributed by atoms with Gasteiger partial charge in [-0.2, -0.15) is 0 Å². The summed E-state index contributed by atoms with van der Waals surface area (Å²) in [5, 5.41) is 3.01. The maximum atomic E-state index is 12.4. The first-order chi connectivity index (χ1) is 11.8. The van der Waals surface area contributed by atoms with E-state index in [1.54, 1.807) is 7.11 Å². The third-order valence-corrected chi connectivity index (χ3v) is 4.56. The lowest BCUT2D eigenvalue weighted by molar-refractivity contribution is -0.122. The number of amides is 1. The van der Waals surface area contributed by atoms with Gasteiger partial charge in [-0.15, -0.1) is 0 Å². The van der Waals surface area contributed by atoms with Crippen LogP contribution < -0.4 is 10.1 Å². The number of likely N-dealkylation sites (tertiary alicyclic amines) is 1. The molecule has 0 radical (unpaired) electrons. The lowest BCUT2D eigenvalue weighted by atomic mass is 10.0. The van der Waals surface area contributed by atoms with Crippen LogP contribution in [-0.2, 0) is 11.3 Å². The molecule has 1 unspecified atom stereocenters. The van der Waals surface area contributed by atoms with Crippen LogP contribution in [0, 0.1) is 0 Å². The molecule has 1 saturated heterocycles. The summed E-state index contributed by atoms with van der Waals surface area (Å²) < 4.78 is 5.32. The number of rotatable bonds is 6.